The summed E-state index contributed by atoms with van der Waals surface area (Å²) in [5, 5.41) is 0. The summed E-state index contributed by atoms with van der Waals surface area (Å²) in [6.07, 6.45) is 2.26. The molecule has 0 atom stereocenters. The summed E-state index contributed by atoms with van der Waals surface area (Å²) in [4.78, 5) is 11.1. The van der Waals surface area contributed by atoms with Gasteiger partial charge in [-0.05, 0) is 18.8 Å². The Morgan fingerprint density at radius 3 is 2.35 bits per heavy atom. The van der Waals surface area contributed by atoms with Gasteiger partial charge in [0.1, 0.15) is 5.78 Å². The van der Waals surface area contributed by atoms with Gasteiger partial charge in [-0.1, -0.05) is 13.8 Å². The van der Waals surface area contributed by atoms with Crippen molar-refractivity contribution in [2.75, 3.05) is 13.6 Å². The van der Waals surface area contributed by atoms with Crippen LogP contribution in [0, 0.1) is 5.92 Å². The highest BCUT2D eigenvalue weighted by Gasteiger charge is 2.29. The minimum atomic E-state index is -3.40. The molecule has 0 radical (unpaired) electrons. The minimum Gasteiger partial charge on any atom is -0.300 e. The van der Waals surface area contributed by atoms with Gasteiger partial charge >= 0.3 is 0 Å². The Morgan fingerprint density at radius 2 is 1.88 bits per heavy atom. The van der Waals surface area contributed by atoms with Crippen molar-refractivity contribution in [3.63, 3.8) is 0 Å². The van der Waals surface area contributed by atoms with E-state index in [-0.39, 0.29) is 17.7 Å². The van der Waals surface area contributed by atoms with E-state index in [4.69, 9.17) is 0 Å². The molecule has 0 spiro atoms. The van der Waals surface area contributed by atoms with Gasteiger partial charge in [0.15, 0.2) is 0 Å². The van der Waals surface area contributed by atoms with Gasteiger partial charge in [0.05, 0.1) is 0 Å². The van der Waals surface area contributed by atoms with Crippen LogP contribution >= 0.6 is 0 Å². The molecule has 0 bridgehead atoms. The molecule has 1 rings (SSSR count). The maximum Gasteiger partial charge on any atom is 0.279 e. The molecule has 6 heteroatoms. The molecule has 0 heterocycles. The van der Waals surface area contributed by atoms with Gasteiger partial charge in [0, 0.05) is 32.5 Å². The van der Waals surface area contributed by atoms with Gasteiger partial charge in [-0.25, -0.2) is 4.72 Å². The maximum absolute atomic E-state index is 11.9. The lowest BCUT2D eigenvalue weighted by Crippen LogP contribution is -2.46. The Bertz CT molecular complexity index is 355. The van der Waals surface area contributed by atoms with Crippen LogP contribution in [-0.4, -0.2) is 38.1 Å². The molecule has 1 N–H and O–H groups in total. The van der Waals surface area contributed by atoms with E-state index < -0.39 is 10.2 Å². The molecule has 1 aliphatic carbocycles. The van der Waals surface area contributed by atoms with E-state index in [1.54, 1.807) is 7.05 Å². The highest BCUT2D eigenvalue weighted by atomic mass is 32.2. The molecule has 100 valence electrons. The van der Waals surface area contributed by atoms with Crippen LogP contribution in [0.4, 0.5) is 0 Å². The molecule has 0 aliphatic heterocycles. The number of hydrogen-bond acceptors (Lipinski definition) is 3. The van der Waals surface area contributed by atoms with Gasteiger partial charge in [0.2, 0.25) is 0 Å². The number of nitrogens with one attached hydrogen (secondary N) is 1. The van der Waals surface area contributed by atoms with Crippen molar-refractivity contribution < 1.29 is 13.2 Å². The lowest BCUT2D eigenvalue weighted by atomic mass is 9.95. The van der Waals surface area contributed by atoms with Crippen molar-refractivity contribution >= 4 is 16.0 Å². The number of ketones is 1. The fourth-order valence-corrected chi connectivity index (χ4v) is 3.21. The number of carbonyl (C=O) groups excluding carboxylic acids is 1. The second-order valence-electron chi connectivity index (χ2n) is 5.03. The average molecular weight is 262 g/mol. The molecule has 0 aromatic rings. The van der Waals surface area contributed by atoms with E-state index in [0.717, 1.165) is 0 Å². The van der Waals surface area contributed by atoms with Gasteiger partial charge in [-0.3, -0.25) is 4.79 Å². The molecule has 0 aromatic heterocycles. The standard InChI is InChI=1S/C11H22N2O3S/c1-9(2)8-12-17(15,16)13(3)10-4-6-11(14)7-5-10/h9-10,12H,4-8H2,1-3H3. The number of nitrogens with zero attached hydrogens (tertiary/aromatic N) is 1. The van der Waals surface area contributed by atoms with Crippen LogP contribution in [0.3, 0.4) is 0 Å². The van der Waals surface area contributed by atoms with Gasteiger partial charge < -0.3 is 0 Å². The third-order valence-electron chi connectivity index (χ3n) is 3.08. The fraction of sp³-hybridized carbons (Fsp3) is 0.909. The second kappa shape index (κ2) is 5.93. The minimum absolute atomic E-state index is 0.0441. The predicted molar refractivity (Wildman–Crippen MR) is 66.8 cm³/mol. The van der Waals surface area contributed by atoms with Crippen molar-refractivity contribution in [2.45, 2.75) is 45.6 Å². The maximum atomic E-state index is 11.9. The molecule has 1 fully saturated rings. The zero-order valence-corrected chi connectivity index (χ0v) is 11.6. The summed E-state index contributed by atoms with van der Waals surface area (Å²) < 4.78 is 27.8. The highest BCUT2D eigenvalue weighted by Crippen LogP contribution is 2.21. The first-order valence-electron chi connectivity index (χ1n) is 6.07. The van der Waals surface area contributed by atoms with Crippen LogP contribution in [0.25, 0.3) is 0 Å². The molecule has 1 aliphatic rings. The number of Topliss-reactive ketones (excluding diaryl/α,β-unsaturated/α-hetero) is 1. The molecule has 0 unspecified atom stereocenters. The van der Waals surface area contributed by atoms with Gasteiger partial charge in [-0.15, -0.1) is 0 Å². The Labute approximate surface area is 104 Å². The topological polar surface area (TPSA) is 66.5 Å². The number of carbonyl (C=O) groups is 1. The largest absolute Gasteiger partial charge is 0.300 e. The molecule has 0 saturated heterocycles. The summed E-state index contributed by atoms with van der Waals surface area (Å²) in [5.74, 6) is 0.522. The van der Waals surface area contributed by atoms with E-state index in [9.17, 15) is 13.2 Å². The monoisotopic (exact) mass is 262 g/mol. The van der Waals surface area contributed by atoms with E-state index >= 15 is 0 Å². The molecular formula is C11H22N2O3S. The Balaban J connectivity index is 2.56. The smallest absolute Gasteiger partial charge is 0.279 e. The van der Waals surface area contributed by atoms with E-state index in [0.29, 0.717) is 32.2 Å². The van der Waals surface area contributed by atoms with E-state index in [2.05, 4.69) is 4.72 Å². The summed E-state index contributed by atoms with van der Waals surface area (Å²) in [5.41, 5.74) is 0. The summed E-state index contributed by atoms with van der Waals surface area (Å²) >= 11 is 0. The summed E-state index contributed by atoms with van der Waals surface area (Å²) in [7, 11) is -1.81. The summed E-state index contributed by atoms with van der Waals surface area (Å²) in [6, 6.07) is -0.0441. The van der Waals surface area contributed by atoms with Gasteiger partial charge in [-0.2, -0.15) is 12.7 Å². The normalized spacial score (nSPS) is 19.2. The molecular weight excluding hydrogens is 240 g/mol. The van der Waals surface area contributed by atoms with E-state index in [1.165, 1.54) is 4.31 Å². The Morgan fingerprint density at radius 1 is 1.35 bits per heavy atom. The first-order valence-corrected chi connectivity index (χ1v) is 7.51. The lowest BCUT2D eigenvalue weighted by Gasteiger charge is -2.30. The predicted octanol–water partition coefficient (Wildman–Crippen LogP) is 0.920. The Hall–Kier alpha value is -0.460. The molecule has 0 aromatic carbocycles. The lowest BCUT2D eigenvalue weighted by molar-refractivity contribution is -0.120. The second-order valence-corrected chi connectivity index (χ2v) is 6.85. The number of hydrogen-bond donors (Lipinski definition) is 1. The van der Waals surface area contributed by atoms with Crippen molar-refractivity contribution in [1.82, 2.24) is 9.03 Å². The fourth-order valence-electron chi connectivity index (χ4n) is 1.86. The molecule has 1 saturated carbocycles. The Kier molecular flexibility index (Phi) is 5.09. The quantitative estimate of drug-likeness (QED) is 0.801. The van der Waals surface area contributed by atoms with E-state index in [1.807, 2.05) is 13.8 Å². The van der Waals surface area contributed by atoms with Crippen LogP contribution in [0.5, 0.6) is 0 Å². The molecule has 17 heavy (non-hydrogen) atoms. The number of rotatable bonds is 5. The third-order valence-corrected chi connectivity index (χ3v) is 4.67. The average Bonchev–Trinajstić information content (AvgIpc) is 2.27. The molecule has 5 nitrogen and oxygen atoms in total. The van der Waals surface area contributed by atoms with Gasteiger partial charge in [0.25, 0.3) is 10.2 Å². The van der Waals surface area contributed by atoms with Crippen molar-refractivity contribution in [3.8, 4) is 0 Å². The summed E-state index contributed by atoms with van der Waals surface area (Å²) in [6.45, 7) is 4.36. The van der Waals surface area contributed by atoms with Crippen LogP contribution < -0.4 is 4.72 Å². The first kappa shape index (κ1) is 14.6. The highest BCUT2D eigenvalue weighted by molar-refractivity contribution is 7.87. The van der Waals surface area contributed by atoms with Crippen molar-refractivity contribution in [3.05, 3.63) is 0 Å². The van der Waals surface area contributed by atoms with Crippen molar-refractivity contribution in [1.29, 1.82) is 0 Å². The van der Waals surface area contributed by atoms with Crippen LogP contribution in [0.1, 0.15) is 39.5 Å². The zero-order valence-electron chi connectivity index (χ0n) is 10.8. The zero-order chi connectivity index (χ0) is 13.1. The third kappa shape index (κ3) is 4.37. The SMILES string of the molecule is CC(C)CNS(=O)(=O)N(C)C1CCC(=O)CC1. The van der Waals surface area contributed by atoms with Crippen molar-refractivity contribution in [2.24, 2.45) is 5.92 Å². The van der Waals surface area contributed by atoms with Crippen LogP contribution in [0.2, 0.25) is 0 Å². The van der Waals surface area contributed by atoms with Crippen LogP contribution in [-0.2, 0) is 15.0 Å². The first-order chi connectivity index (χ1) is 7.83. The molecule has 0 amide bonds. The van der Waals surface area contributed by atoms with Crippen LogP contribution in [0.15, 0.2) is 0 Å².